The molecule has 5 heteroatoms. The first-order chi connectivity index (χ1) is 8.47. The molecule has 2 rings (SSSR count). The van der Waals surface area contributed by atoms with Crippen LogP contribution in [0.5, 0.6) is 0 Å². The summed E-state index contributed by atoms with van der Waals surface area (Å²) in [5.41, 5.74) is 0.945. The zero-order chi connectivity index (χ0) is 13.3. The summed E-state index contributed by atoms with van der Waals surface area (Å²) in [7, 11) is 0. The van der Waals surface area contributed by atoms with Crippen LogP contribution in [0.15, 0.2) is 12.4 Å². The summed E-state index contributed by atoms with van der Waals surface area (Å²) in [6, 6.07) is -0.0256. The lowest BCUT2D eigenvalue weighted by atomic mass is 9.97. The Hall–Kier alpha value is -1.49. The molecule has 18 heavy (non-hydrogen) atoms. The van der Waals surface area contributed by atoms with Crippen LogP contribution >= 0.6 is 0 Å². The predicted octanol–water partition coefficient (Wildman–Crippen LogP) is 1.79. The van der Waals surface area contributed by atoms with Crippen molar-refractivity contribution in [1.29, 1.82) is 0 Å². The highest BCUT2D eigenvalue weighted by Gasteiger charge is 2.46. The molecule has 1 N–H and O–H groups in total. The number of rotatable bonds is 3. The van der Waals surface area contributed by atoms with Crippen molar-refractivity contribution >= 4 is 5.97 Å². The minimum absolute atomic E-state index is 0.0256. The molecule has 0 bridgehead atoms. The molecule has 1 aliphatic rings. The van der Waals surface area contributed by atoms with Crippen molar-refractivity contribution < 1.29 is 9.90 Å². The van der Waals surface area contributed by atoms with E-state index in [1.165, 1.54) is 0 Å². The van der Waals surface area contributed by atoms with Crippen LogP contribution in [-0.4, -0.2) is 38.0 Å². The highest BCUT2D eigenvalue weighted by Crippen LogP contribution is 2.36. The van der Waals surface area contributed by atoms with Gasteiger partial charge in [-0.15, -0.1) is 0 Å². The number of carboxylic acid groups (broad SMARTS) is 1. The van der Waals surface area contributed by atoms with Gasteiger partial charge in [0.25, 0.3) is 0 Å². The Morgan fingerprint density at radius 3 is 2.78 bits per heavy atom. The van der Waals surface area contributed by atoms with Gasteiger partial charge in [0, 0.05) is 12.4 Å². The van der Waals surface area contributed by atoms with E-state index in [9.17, 15) is 9.90 Å². The first-order valence-electron chi connectivity index (χ1n) is 6.24. The Morgan fingerprint density at radius 2 is 2.17 bits per heavy atom. The van der Waals surface area contributed by atoms with Crippen molar-refractivity contribution in [3.63, 3.8) is 0 Å². The van der Waals surface area contributed by atoms with Crippen molar-refractivity contribution in [2.45, 2.75) is 45.2 Å². The van der Waals surface area contributed by atoms with Crippen LogP contribution in [0.2, 0.25) is 0 Å². The van der Waals surface area contributed by atoms with E-state index in [0.29, 0.717) is 6.42 Å². The van der Waals surface area contributed by atoms with Gasteiger partial charge < -0.3 is 5.11 Å². The smallest absolute Gasteiger partial charge is 0.323 e. The zero-order valence-corrected chi connectivity index (χ0v) is 11.1. The molecule has 1 aromatic heterocycles. The molecule has 5 nitrogen and oxygen atoms in total. The summed E-state index contributed by atoms with van der Waals surface area (Å²) in [4.78, 5) is 22.1. The monoisotopic (exact) mass is 249 g/mol. The first kappa shape index (κ1) is 13.0. The van der Waals surface area contributed by atoms with Crippen LogP contribution in [-0.2, 0) is 4.79 Å². The molecular weight excluding hydrogens is 230 g/mol. The SMILES string of the molecule is Cc1nccnc1C(C)N1CCCC1(C)C(=O)O. The van der Waals surface area contributed by atoms with Crippen LogP contribution in [0, 0.1) is 6.92 Å². The Labute approximate surface area is 107 Å². The van der Waals surface area contributed by atoms with Crippen LogP contribution in [0.25, 0.3) is 0 Å². The number of likely N-dealkylation sites (tertiary alicyclic amines) is 1. The van der Waals surface area contributed by atoms with E-state index in [2.05, 4.69) is 9.97 Å². The van der Waals surface area contributed by atoms with Gasteiger partial charge in [0.1, 0.15) is 5.54 Å². The van der Waals surface area contributed by atoms with Crippen molar-refractivity contribution in [3.05, 3.63) is 23.8 Å². The average Bonchev–Trinajstić information content (AvgIpc) is 2.72. The van der Waals surface area contributed by atoms with Crippen LogP contribution < -0.4 is 0 Å². The summed E-state index contributed by atoms with van der Waals surface area (Å²) in [5, 5.41) is 9.43. The molecule has 0 amide bonds. The summed E-state index contributed by atoms with van der Waals surface area (Å²) in [6.45, 7) is 6.50. The van der Waals surface area contributed by atoms with E-state index in [0.717, 1.165) is 24.4 Å². The van der Waals surface area contributed by atoms with Crippen molar-refractivity contribution in [2.24, 2.45) is 0 Å². The number of hydrogen-bond donors (Lipinski definition) is 1. The normalized spacial score (nSPS) is 26.2. The molecule has 0 aliphatic carbocycles. The van der Waals surface area contributed by atoms with Gasteiger partial charge in [-0.05, 0) is 40.2 Å². The fourth-order valence-electron chi connectivity index (χ4n) is 2.81. The van der Waals surface area contributed by atoms with Crippen LogP contribution in [0.1, 0.15) is 44.1 Å². The lowest BCUT2D eigenvalue weighted by Crippen LogP contribution is -2.49. The van der Waals surface area contributed by atoms with Crippen molar-refractivity contribution in [3.8, 4) is 0 Å². The quantitative estimate of drug-likeness (QED) is 0.884. The molecule has 1 aromatic rings. The van der Waals surface area contributed by atoms with E-state index < -0.39 is 11.5 Å². The second-order valence-corrected chi connectivity index (χ2v) is 5.08. The molecule has 1 saturated heterocycles. The molecule has 98 valence electrons. The van der Waals surface area contributed by atoms with E-state index in [-0.39, 0.29) is 6.04 Å². The third-order valence-corrected chi connectivity index (χ3v) is 3.94. The fourth-order valence-corrected chi connectivity index (χ4v) is 2.81. The lowest BCUT2D eigenvalue weighted by Gasteiger charge is -2.36. The summed E-state index contributed by atoms with van der Waals surface area (Å²) < 4.78 is 0. The van der Waals surface area contributed by atoms with Gasteiger partial charge in [0.05, 0.1) is 17.4 Å². The summed E-state index contributed by atoms with van der Waals surface area (Å²) >= 11 is 0. The van der Waals surface area contributed by atoms with Gasteiger partial charge in [-0.25, -0.2) is 0 Å². The van der Waals surface area contributed by atoms with Crippen LogP contribution in [0.3, 0.4) is 0 Å². The number of carboxylic acids is 1. The van der Waals surface area contributed by atoms with E-state index in [1.54, 1.807) is 19.3 Å². The summed E-state index contributed by atoms with van der Waals surface area (Å²) in [6.07, 6.45) is 4.91. The highest BCUT2D eigenvalue weighted by atomic mass is 16.4. The third-order valence-electron chi connectivity index (χ3n) is 3.94. The van der Waals surface area contributed by atoms with Crippen molar-refractivity contribution in [2.75, 3.05) is 6.54 Å². The molecule has 0 aromatic carbocycles. The van der Waals surface area contributed by atoms with Gasteiger partial charge in [-0.3, -0.25) is 19.7 Å². The Kier molecular flexibility index (Phi) is 3.34. The molecule has 1 fully saturated rings. The maximum Gasteiger partial charge on any atom is 0.323 e. The molecule has 0 spiro atoms. The standard InChI is InChI=1S/C13H19N3O2/c1-9-11(15-7-6-14-9)10(2)16-8-4-5-13(16,3)12(17)18/h6-7,10H,4-5,8H2,1-3H3,(H,17,18). The third kappa shape index (κ3) is 1.99. The highest BCUT2D eigenvalue weighted by molar-refractivity contribution is 5.78. The molecule has 1 aliphatic heterocycles. The average molecular weight is 249 g/mol. The molecule has 2 unspecified atom stereocenters. The van der Waals surface area contributed by atoms with Gasteiger partial charge >= 0.3 is 5.97 Å². The topological polar surface area (TPSA) is 66.3 Å². The molecular formula is C13H19N3O2. The Balaban J connectivity index is 2.32. The Morgan fingerprint density at radius 1 is 1.50 bits per heavy atom. The zero-order valence-electron chi connectivity index (χ0n) is 11.1. The number of carbonyl (C=O) groups is 1. The fraction of sp³-hybridized carbons (Fsp3) is 0.615. The first-order valence-corrected chi connectivity index (χ1v) is 6.24. The van der Waals surface area contributed by atoms with Gasteiger partial charge in [-0.1, -0.05) is 0 Å². The van der Waals surface area contributed by atoms with Gasteiger partial charge in [0.2, 0.25) is 0 Å². The number of hydrogen-bond acceptors (Lipinski definition) is 4. The molecule has 2 atom stereocenters. The molecule has 2 heterocycles. The van der Waals surface area contributed by atoms with Gasteiger partial charge in [-0.2, -0.15) is 0 Å². The van der Waals surface area contributed by atoms with Crippen LogP contribution in [0.4, 0.5) is 0 Å². The largest absolute Gasteiger partial charge is 0.480 e. The molecule has 0 saturated carbocycles. The maximum atomic E-state index is 11.5. The second kappa shape index (κ2) is 4.65. The maximum absolute atomic E-state index is 11.5. The lowest BCUT2D eigenvalue weighted by molar-refractivity contribution is -0.150. The summed E-state index contributed by atoms with van der Waals surface area (Å²) in [5.74, 6) is -0.756. The van der Waals surface area contributed by atoms with Gasteiger partial charge in [0.15, 0.2) is 0 Å². The predicted molar refractivity (Wildman–Crippen MR) is 67.2 cm³/mol. The second-order valence-electron chi connectivity index (χ2n) is 5.08. The van der Waals surface area contributed by atoms with E-state index >= 15 is 0 Å². The number of aryl methyl sites for hydroxylation is 1. The molecule has 0 radical (unpaired) electrons. The van der Waals surface area contributed by atoms with Crippen molar-refractivity contribution in [1.82, 2.24) is 14.9 Å². The number of nitrogens with zero attached hydrogens (tertiary/aromatic N) is 3. The Bertz CT molecular complexity index is 463. The van der Waals surface area contributed by atoms with E-state index in [4.69, 9.17) is 0 Å². The minimum Gasteiger partial charge on any atom is -0.480 e. The number of aliphatic carboxylic acids is 1. The minimum atomic E-state index is -0.788. The number of aromatic nitrogens is 2. The van der Waals surface area contributed by atoms with E-state index in [1.807, 2.05) is 18.7 Å².